The van der Waals surface area contributed by atoms with Crippen molar-refractivity contribution in [1.29, 1.82) is 0 Å². The highest BCUT2D eigenvalue weighted by molar-refractivity contribution is 7.80. The number of hydrogen-bond acceptors (Lipinski definition) is 2. The molecule has 0 radical (unpaired) electrons. The molecule has 1 aromatic rings. The van der Waals surface area contributed by atoms with Gasteiger partial charge >= 0.3 is 0 Å². The first-order valence-corrected chi connectivity index (χ1v) is 6.16. The predicted molar refractivity (Wildman–Crippen MR) is 66.3 cm³/mol. The van der Waals surface area contributed by atoms with E-state index < -0.39 is 0 Å². The normalized spacial score (nSPS) is 19.9. The summed E-state index contributed by atoms with van der Waals surface area (Å²) in [6.45, 7) is 2.97. The van der Waals surface area contributed by atoms with Crippen molar-refractivity contribution in [3.63, 3.8) is 0 Å². The molecule has 15 heavy (non-hydrogen) atoms. The number of thiol groups is 1. The fourth-order valence-electron chi connectivity index (χ4n) is 1.65. The Bertz CT molecular complexity index is 306. The molecule has 1 aliphatic rings. The van der Waals surface area contributed by atoms with Gasteiger partial charge in [-0.15, -0.1) is 0 Å². The van der Waals surface area contributed by atoms with E-state index in [4.69, 9.17) is 4.74 Å². The average molecular weight is 222 g/mol. The predicted octanol–water partition coefficient (Wildman–Crippen LogP) is 3.47. The maximum Gasteiger partial charge on any atom is 0.0797 e. The van der Waals surface area contributed by atoms with Crippen LogP contribution in [0.1, 0.15) is 31.4 Å². The second-order valence-electron chi connectivity index (χ2n) is 4.52. The lowest BCUT2D eigenvalue weighted by Gasteiger charge is -2.18. The number of rotatable bonds is 5. The summed E-state index contributed by atoms with van der Waals surface area (Å²) < 4.78 is 5.90. The van der Waals surface area contributed by atoms with Gasteiger partial charge in [0.2, 0.25) is 0 Å². The maximum atomic E-state index is 5.90. The molecule has 0 aromatic heterocycles. The molecule has 0 heterocycles. The van der Waals surface area contributed by atoms with Gasteiger partial charge in [0.1, 0.15) is 0 Å². The van der Waals surface area contributed by atoms with Gasteiger partial charge in [-0.2, -0.15) is 12.6 Å². The fraction of sp³-hybridized carbons (Fsp3) is 0.538. The van der Waals surface area contributed by atoms with Gasteiger partial charge in [-0.25, -0.2) is 0 Å². The van der Waals surface area contributed by atoms with Crippen LogP contribution in [0.5, 0.6) is 0 Å². The molecular weight excluding hydrogens is 204 g/mol. The smallest absolute Gasteiger partial charge is 0.0797 e. The van der Waals surface area contributed by atoms with Crippen molar-refractivity contribution in [2.45, 2.75) is 25.9 Å². The summed E-state index contributed by atoms with van der Waals surface area (Å²) in [4.78, 5) is 0. The average Bonchev–Trinajstić information content (AvgIpc) is 3.08. The van der Waals surface area contributed by atoms with Gasteiger partial charge in [-0.3, -0.25) is 0 Å². The van der Waals surface area contributed by atoms with Crippen LogP contribution in [0.15, 0.2) is 30.3 Å². The molecule has 1 unspecified atom stereocenters. The van der Waals surface area contributed by atoms with Crippen LogP contribution < -0.4 is 0 Å². The van der Waals surface area contributed by atoms with Crippen molar-refractivity contribution < 1.29 is 4.74 Å². The summed E-state index contributed by atoms with van der Waals surface area (Å²) in [6.07, 6.45) is 2.75. The first-order valence-electron chi connectivity index (χ1n) is 5.53. The Morgan fingerprint density at radius 2 is 2.00 bits per heavy atom. The van der Waals surface area contributed by atoms with Crippen LogP contribution in [0.2, 0.25) is 0 Å². The second kappa shape index (κ2) is 4.58. The van der Waals surface area contributed by atoms with E-state index >= 15 is 0 Å². The van der Waals surface area contributed by atoms with Crippen molar-refractivity contribution in [2.24, 2.45) is 5.41 Å². The first kappa shape index (κ1) is 11.0. The van der Waals surface area contributed by atoms with E-state index in [1.807, 2.05) is 6.07 Å². The van der Waals surface area contributed by atoms with Crippen LogP contribution >= 0.6 is 12.6 Å². The Kier molecular flexibility index (Phi) is 3.37. The lowest BCUT2D eigenvalue weighted by molar-refractivity contribution is 0.0378. The van der Waals surface area contributed by atoms with Gasteiger partial charge < -0.3 is 4.74 Å². The largest absolute Gasteiger partial charge is 0.373 e. The van der Waals surface area contributed by atoms with E-state index in [1.54, 1.807) is 0 Å². The molecule has 1 nitrogen and oxygen atoms in total. The zero-order valence-corrected chi connectivity index (χ0v) is 10.0. The molecule has 0 aliphatic heterocycles. The van der Waals surface area contributed by atoms with Crippen LogP contribution in [-0.2, 0) is 4.74 Å². The van der Waals surface area contributed by atoms with Gasteiger partial charge in [0, 0.05) is 5.41 Å². The minimum absolute atomic E-state index is 0.198. The van der Waals surface area contributed by atoms with Gasteiger partial charge in [0.25, 0.3) is 0 Å². The molecule has 0 saturated heterocycles. The zero-order chi connectivity index (χ0) is 10.7. The van der Waals surface area contributed by atoms with E-state index in [9.17, 15) is 0 Å². The number of hydrogen-bond donors (Lipinski definition) is 1. The second-order valence-corrected chi connectivity index (χ2v) is 4.84. The van der Waals surface area contributed by atoms with E-state index in [2.05, 4.69) is 43.8 Å². The minimum Gasteiger partial charge on any atom is -0.373 e. The van der Waals surface area contributed by atoms with Crippen LogP contribution in [0.25, 0.3) is 0 Å². The maximum absolute atomic E-state index is 5.90. The van der Waals surface area contributed by atoms with E-state index in [1.165, 1.54) is 18.4 Å². The Balaban J connectivity index is 1.85. The molecular formula is C13H18OS. The van der Waals surface area contributed by atoms with Crippen molar-refractivity contribution in [3.8, 4) is 0 Å². The minimum atomic E-state index is 0.198. The van der Waals surface area contributed by atoms with Crippen molar-refractivity contribution in [1.82, 2.24) is 0 Å². The van der Waals surface area contributed by atoms with Crippen LogP contribution in [0.3, 0.4) is 0 Å². The molecule has 1 fully saturated rings. The Morgan fingerprint density at radius 1 is 1.33 bits per heavy atom. The van der Waals surface area contributed by atoms with E-state index in [-0.39, 0.29) is 6.10 Å². The van der Waals surface area contributed by atoms with Crippen LogP contribution in [-0.4, -0.2) is 12.4 Å². The highest BCUT2D eigenvalue weighted by Crippen LogP contribution is 2.47. The highest BCUT2D eigenvalue weighted by Gasteiger charge is 2.41. The van der Waals surface area contributed by atoms with Gasteiger partial charge in [-0.05, 0) is 31.1 Å². The highest BCUT2D eigenvalue weighted by atomic mass is 32.1. The van der Waals surface area contributed by atoms with Crippen molar-refractivity contribution >= 4 is 12.6 Å². The Hall–Kier alpha value is -0.470. The van der Waals surface area contributed by atoms with Gasteiger partial charge in [0.05, 0.1) is 12.7 Å². The summed E-state index contributed by atoms with van der Waals surface area (Å²) in [5.41, 5.74) is 1.65. The third-order valence-corrected chi connectivity index (χ3v) is 3.87. The Labute approximate surface area is 97.2 Å². The number of ether oxygens (including phenoxy) is 1. The third-order valence-electron chi connectivity index (χ3n) is 3.20. The summed E-state index contributed by atoms with van der Waals surface area (Å²) in [5.74, 6) is 0.953. The molecule has 0 amide bonds. The molecule has 82 valence electrons. The Morgan fingerprint density at radius 3 is 2.53 bits per heavy atom. The molecule has 2 rings (SSSR count). The molecule has 1 aromatic carbocycles. The van der Waals surface area contributed by atoms with E-state index in [0.717, 1.165) is 12.4 Å². The van der Waals surface area contributed by atoms with Gasteiger partial charge in [0.15, 0.2) is 0 Å². The summed E-state index contributed by atoms with van der Waals surface area (Å²) in [6, 6.07) is 10.4. The third kappa shape index (κ3) is 2.76. The molecule has 0 bridgehead atoms. The lowest BCUT2D eigenvalue weighted by atomic mass is 10.1. The SMILES string of the molecule is CC(OCC1(CS)CC1)c1ccccc1. The molecule has 1 aliphatic carbocycles. The molecule has 1 atom stereocenters. The molecule has 2 heteroatoms. The van der Waals surface area contributed by atoms with Crippen molar-refractivity contribution in [2.75, 3.05) is 12.4 Å². The number of benzene rings is 1. The first-order chi connectivity index (χ1) is 7.26. The molecule has 0 N–H and O–H groups in total. The lowest BCUT2D eigenvalue weighted by Crippen LogP contribution is -2.14. The standard InChI is InChI=1S/C13H18OS/c1-11(12-5-3-2-4-6-12)14-9-13(10-15)7-8-13/h2-6,11,15H,7-10H2,1H3. The van der Waals surface area contributed by atoms with Crippen LogP contribution in [0, 0.1) is 5.41 Å². The van der Waals surface area contributed by atoms with Crippen LogP contribution in [0.4, 0.5) is 0 Å². The topological polar surface area (TPSA) is 9.23 Å². The van der Waals surface area contributed by atoms with Gasteiger partial charge in [-0.1, -0.05) is 30.3 Å². The zero-order valence-electron chi connectivity index (χ0n) is 9.15. The quantitative estimate of drug-likeness (QED) is 0.750. The van der Waals surface area contributed by atoms with E-state index in [0.29, 0.717) is 5.41 Å². The monoisotopic (exact) mass is 222 g/mol. The fourth-order valence-corrected chi connectivity index (χ4v) is 2.05. The summed E-state index contributed by atoms with van der Waals surface area (Å²) in [7, 11) is 0. The molecule has 1 saturated carbocycles. The molecule has 0 spiro atoms. The summed E-state index contributed by atoms with van der Waals surface area (Å²) >= 11 is 4.37. The van der Waals surface area contributed by atoms with Crippen molar-refractivity contribution in [3.05, 3.63) is 35.9 Å². The summed E-state index contributed by atoms with van der Waals surface area (Å²) in [5, 5.41) is 0.